The van der Waals surface area contributed by atoms with E-state index in [1.807, 2.05) is 12.3 Å². The summed E-state index contributed by atoms with van der Waals surface area (Å²) in [6.07, 6.45) is 2.65. The monoisotopic (exact) mass is 505 g/mol. The van der Waals surface area contributed by atoms with Crippen LogP contribution in [0.15, 0.2) is 36.7 Å². The van der Waals surface area contributed by atoms with Crippen LogP contribution in [-0.4, -0.2) is 52.3 Å². The molecular formula is C24H23ClF3N5O2. The van der Waals surface area contributed by atoms with Crippen LogP contribution in [0.4, 0.5) is 19.0 Å². The summed E-state index contributed by atoms with van der Waals surface area (Å²) in [5.74, 6) is 0.0493. The molecular weight excluding hydrogens is 483 g/mol. The van der Waals surface area contributed by atoms with Gasteiger partial charge in [-0.15, -0.1) is 0 Å². The van der Waals surface area contributed by atoms with Crippen LogP contribution in [0, 0.1) is 0 Å². The number of aromatic nitrogens is 3. The second-order valence-corrected chi connectivity index (χ2v) is 9.01. The molecule has 0 atom stereocenters. The lowest BCUT2D eigenvalue weighted by Crippen LogP contribution is -2.25. The van der Waals surface area contributed by atoms with E-state index in [0.717, 1.165) is 18.4 Å². The Kier molecular flexibility index (Phi) is 6.41. The highest BCUT2D eigenvalue weighted by Crippen LogP contribution is 2.31. The molecule has 11 heteroatoms. The summed E-state index contributed by atoms with van der Waals surface area (Å²) in [7, 11) is 0. The van der Waals surface area contributed by atoms with Crippen LogP contribution in [0.1, 0.15) is 41.7 Å². The molecule has 0 saturated heterocycles. The number of imidazole rings is 1. The number of carbonyl (C=O) groups excluding carboxylic acids is 1. The number of amides is 1. The maximum absolute atomic E-state index is 12.7. The summed E-state index contributed by atoms with van der Waals surface area (Å²) in [6, 6.07) is 5.35. The maximum Gasteiger partial charge on any atom is 0.390 e. The highest BCUT2D eigenvalue weighted by atomic mass is 35.5. The third-order valence-corrected chi connectivity index (χ3v) is 6.22. The van der Waals surface area contributed by atoms with Crippen molar-refractivity contribution in [1.82, 2.24) is 19.7 Å². The van der Waals surface area contributed by atoms with Gasteiger partial charge in [0.2, 0.25) is 0 Å². The Morgan fingerprint density at radius 2 is 2.11 bits per heavy atom. The molecule has 0 radical (unpaired) electrons. The van der Waals surface area contributed by atoms with Gasteiger partial charge in [-0.2, -0.15) is 13.2 Å². The number of benzene rings is 1. The summed E-state index contributed by atoms with van der Waals surface area (Å²) in [6.45, 7) is 0.665. The van der Waals surface area contributed by atoms with Gasteiger partial charge in [0.1, 0.15) is 0 Å². The molecule has 1 amide bonds. The Labute approximate surface area is 204 Å². The zero-order valence-corrected chi connectivity index (χ0v) is 19.4. The first kappa shape index (κ1) is 23.6. The number of alkyl halides is 3. The fraction of sp³-hybridized carbons (Fsp3) is 0.375. The summed E-state index contributed by atoms with van der Waals surface area (Å²) in [4.78, 5) is 21.4. The van der Waals surface area contributed by atoms with Crippen LogP contribution >= 0.6 is 11.6 Å². The first-order chi connectivity index (χ1) is 16.8. The zero-order valence-electron chi connectivity index (χ0n) is 18.7. The highest BCUT2D eigenvalue weighted by Gasteiger charge is 2.27. The van der Waals surface area contributed by atoms with Crippen molar-refractivity contribution < 1.29 is 22.7 Å². The van der Waals surface area contributed by atoms with E-state index in [-0.39, 0.29) is 24.3 Å². The predicted octanol–water partition coefficient (Wildman–Crippen LogP) is 5.11. The van der Waals surface area contributed by atoms with Crippen molar-refractivity contribution in [2.75, 3.05) is 25.1 Å². The topological polar surface area (TPSA) is 80.5 Å². The minimum atomic E-state index is -4.28. The van der Waals surface area contributed by atoms with Crippen molar-refractivity contribution in [1.29, 1.82) is 0 Å². The van der Waals surface area contributed by atoms with Gasteiger partial charge in [-0.3, -0.25) is 9.20 Å². The second-order valence-electron chi connectivity index (χ2n) is 8.60. The lowest BCUT2D eigenvalue weighted by molar-refractivity contribution is -0.131. The molecule has 0 bridgehead atoms. The number of hydrogen-bond donors (Lipinski definition) is 2. The standard InChI is InChI=1S/C24H23ClF3N5O2/c25-18-11-15(1-4-17(18)23(34)31-16-2-3-16)20-12-30-22-21(29-8-7-24(26,27)28)32-19(13-33(20)22)14-5-9-35-10-6-14/h1,4-5,11-13,16H,2-3,6-10H2,(H,29,32)(H,31,34). The van der Waals surface area contributed by atoms with Crippen LogP contribution in [-0.2, 0) is 4.74 Å². The summed E-state index contributed by atoms with van der Waals surface area (Å²) in [5, 5.41) is 6.02. The van der Waals surface area contributed by atoms with E-state index in [1.54, 1.807) is 28.8 Å². The molecule has 1 aromatic carbocycles. The number of halogens is 4. The number of rotatable bonds is 7. The van der Waals surface area contributed by atoms with Crippen molar-refractivity contribution in [3.8, 4) is 11.3 Å². The van der Waals surface area contributed by atoms with E-state index >= 15 is 0 Å². The van der Waals surface area contributed by atoms with Gasteiger partial charge >= 0.3 is 6.18 Å². The normalized spacial score (nSPS) is 16.3. The number of carbonyl (C=O) groups is 1. The molecule has 0 spiro atoms. The van der Waals surface area contributed by atoms with E-state index < -0.39 is 12.6 Å². The summed E-state index contributed by atoms with van der Waals surface area (Å²) in [5.41, 5.74) is 3.74. The number of fused-ring (bicyclic) bond motifs is 1. The van der Waals surface area contributed by atoms with Gasteiger partial charge in [-0.25, -0.2) is 9.97 Å². The fourth-order valence-corrected chi connectivity index (χ4v) is 4.17. The van der Waals surface area contributed by atoms with E-state index in [1.165, 1.54) is 0 Å². The molecule has 35 heavy (non-hydrogen) atoms. The molecule has 1 saturated carbocycles. The molecule has 5 rings (SSSR count). The van der Waals surface area contributed by atoms with Crippen LogP contribution in [0.2, 0.25) is 5.02 Å². The summed E-state index contributed by atoms with van der Waals surface area (Å²) < 4.78 is 45.3. The lowest BCUT2D eigenvalue weighted by atomic mass is 10.1. The Hall–Kier alpha value is -3.11. The average Bonchev–Trinajstić information content (AvgIpc) is 3.53. The quantitative estimate of drug-likeness (QED) is 0.466. The molecule has 3 heterocycles. The van der Waals surface area contributed by atoms with Gasteiger partial charge in [0, 0.05) is 24.3 Å². The number of anilines is 1. The molecule has 1 aliphatic heterocycles. The fourth-order valence-electron chi connectivity index (χ4n) is 3.91. The minimum absolute atomic E-state index is 0.212. The number of hydrogen-bond acceptors (Lipinski definition) is 5. The van der Waals surface area contributed by atoms with Gasteiger partial charge in [-0.1, -0.05) is 23.7 Å². The van der Waals surface area contributed by atoms with Gasteiger partial charge in [0.25, 0.3) is 5.91 Å². The van der Waals surface area contributed by atoms with Crippen LogP contribution in [0.5, 0.6) is 0 Å². The molecule has 2 aromatic heterocycles. The van der Waals surface area contributed by atoms with Crippen molar-refractivity contribution in [2.45, 2.75) is 37.9 Å². The number of ether oxygens (including phenoxy) is 1. The van der Waals surface area contributed by atoms with Crippen molar-refractivity contribution >= 4 is 34.5 Å². The SMILES string of the molecule is O=C(NC1CC1)c1ccc(-c2cnc3c(NCCC(F)(F)F)nc(C4=CCOCC4)cn23)cc1Cl. The minimum Gasteiger partial charge on any atom is -0.377 e. The molecule has 0 unspecified atom stereocenters. The highest BCUT2D eigenvalue weighted by molar-refractivity contribution is 6.34. The van der Waals surface area contributed by atoms with E-state index in [9.17, 15) is 18.0 Å². The average molecular weight is 506 g/mol. The molecule has 184 valence electrons. The molecule has 2 aliphatic rings. The van der Waals surface area contributed by atoms with Crippen LogP contribution < -0.4 is 10.6 Å². The van der Waals surface area contributed by atoms with Gasteiger partial charge in [-0.05, 0) is 37.0 Å². The molecule has 1 fully saturated rings. The lowest BCUT2D eigenvalue weighted by Gasteiger charge is -2.16. The molecule has 1 aliphatic carbocycles. The molecule has 3 aromatic rings. The molecule has 7 nitrogen and oxygen atoms in total. The van der Waals surface area contributed by atoms with Crippen LogP contribution in [0.25, 0.3) is 22.5 Å². The number of nitrogens with zero attached hydrogens (tertiary/aromatic N) is 3. The van der Waals surface area contributed by atoms with Gasteiger partial charge in [0.15, 0.2) is 11.5 Å². The van der Waals surface area contributed by atoms with Crippen molar-refractivity contribution in [3.63, 3.8) is 0 Å². The van der Waals surface area contributed by atoms with E-state index in [4.69, 9.17) is 16.3 Å². The van der Waals surface area contributed by atoms with Gasteiger partial charge in [0.05, 0.1) is 47.8 Å². The second kappa shape index (κ2) is 9.50. The van der Waals surface area contributed by atoms with Crippen LogP contribution in [0.3, 0.4) is 0 Å². The number of nitrogens with one attached hydrogen (secondary N) is 2. The van der Waals surface area contributed by atoms with Crippen molar-refractivity contribution in [2.24, 2.45) is 0 Å². The zero-order chi connectivity index (χ0) is 24.6. The first-order valence-electron chi connectivity index (χ1n) is 11.3. The largest absolute Gasteiger partial charge is 0.390 e. The first-order valence-corrected chi connectivity index (χ1v) is 11.7. The summed E-state index contributed by atoms with van der Waals surface area (Å²) >= 11 is 6.45. The van der Waals surface area contributed by atoms with E-state index in [2.05, 4.69) is 20.6 Å². The Balaban J connectivity index is 1.52. The Morgan fingerprint density at radius 1 is 1.29 bits per heavy atom. The predicted molar refractivity (Wildman–Crippen MR) is 126 cm³/mol. The van der Waals surface area contributed by atoms with E-state index in [0.29, 0.717) is 52.8 Å². The van der Waals surface area contributed by atoms with Gasteiger partial charge < -0.3 is 15.4 Å². The molecule has 2 N–H and O–H groups in total. The maximum atomic E-state index is 12.7. The third-order valence-electron chi connectivity index (χ3n) is 5.91. The Bertz CT molecular complexity index is 1300. The smallest absolute Gasteiger partial charge is 0.377 e. The van der Waals surface area contributed by atoms with Crippen molar-refractivity contribution in [3.05, 3.63) is 52.9 Å². The Morgan fingerprint density at radius 3 is 2.80 bits per heavy atom. The third kappa shape index (κ3) is 5.43.